The van der Waals surface area contributed by atoms with Crippen molar-refractivity contribution in [3.8, 4) is 0 Å². The van der Waals surface area contributed by atoms with E-state index in [1.165, 1.54) is 30.0 Å². The Labute approximate surface area is 167 Å². The number of piperidine rings is 1. The number of nitrogens with zero attached hydrogens (tertiary/aromatic N) is 2. The predicted octanol–water partition coefficient (Wildman–Crippen LogP) is 2.63. The molecule has 4 rings (SSSR count). The summed E-state index contributed by atoms with van der Waals surface area (Å²) in [6.07, 6.45) is 6.59. The van der Waals surface area contributed by atoms with Crippen LogP contribution in [0.3, 0.4) is 0 Å². The highest BCUT2D eigenvalue weighted by Gasteiger charge is 2.43. The third-order valence-electron chi connectivity index (χ3n) is 7.13. The molecule has 1 amide bonds. The number of nitrogens with one attached hydrogen (secondary N) is 1. The van der Waals surface area contributed by atoms with Crippen molar-refractivity contribution < 1.29 is 17.7 Å². The fourth-order valence-electron chi connectivity index (χ4n) is 5.70. The average Bonchev–Trinajstić information content (AvgIpc) is 3.38. The van der Waals surface area contributed by atoms with Crippen molar-refractivity contribution in [3.05, 3.63) is 11.5 Å². The highest BCUT2D eigenvalue weighted by Crippen LogP contribution is 2.49. The molecule has 0 unspecified atom stereocenters. The molecule has 28 heavy (non-hydrogen) atoms. The van der Waals surface area contributed by atoms with Gasteiger partial charge in [-0.1, -0.05) is 11.6 Å². The number of aryl methyl sites for hydroxylation is 2. The summed E-state index contributed by atoms with van der Waals surface area (Å²) in [7, 11) is -3.70. The lowest BCUT2D eigenvalue weighted by Crippen LogP contribution is -2.49. The summed E-state index contributed by atoms with van der Waals surface area (Å²) in [5.74, 6) is 2.17. The van der Waals surface area contributed by atoms with Crippen LogP contribution >= 0.6 is 0 Å². The molecule has 0 spiro atoms. The third-order valence-corrected chi connectivity index (χ3v) is 9.24. The first-order valence-electron chi connectivity index (χ1n) is 10.5. The number of sulfonamides is 1. The van der Waals surface area contributed by atoms with Gasteiger partial charge in [0.2, 0.25) is 15.9 Å². The van der Waals surface area contributed by atoms with Crippen LogP contribution in [-0.4, -0.2) is 42.9 Å². The highest BCUT2D eigenvalue weighted by molar-refractivity contribution is 7.89. The first-order valence-corrected chi connectivity index (χ1v) is 11.9. The topological polar surface area (TPSA) is 92.5 Å². The Morgan fingerprint density at radius 1 is 1.25 bits per heavy atom. The van der Waals surface area contributed by atoms with Crippen molar-refractivity contribution in [2.24, 2.45) is 23.7 Å². The maximum absolute atomic E-state index is 13.1. The Morgan fingerprint density at radius 2 is 2.04 bits per heavy atom. The van der Waals surface area contributed by atoms with Gasteiger partial charge in [0.05, 0.1) is 5.92 Å². The number of fused-ring (bicyclic) bond motifs is 2. The molecule has 8 heteroatoms. The molecule has 0 aromatic carbocycles. The maximum atomic E-state index is 13.1. The second-order valence-electron chi connectivity index (χ2n) is 8.99. The van der Waals surface area contributed by atoms with Crippen molar-refractivity contribution >= 4 is 15.9 Å². The van der Waals surface area contributed by atoms with Gasteiger partial charge in [-0.3, -0.25) is 4.79 Å². The largest absolute Gasteiger partial charge is 0.360 e. The fraction of sp³-hybridized carbons (Fsp3) is 0.800. The fourth-order valence-corrected chi connectivity index (χ4v) is 7.52. The minimum absolute atomic E-state index is 0.00561. The molecular formula is C20H31N3O4S. The lowest BCUT2D eigenvalue weighted by molar-refractivity contribution is -0.127. The minimum Gasteiger partial charge on any atom is -0.360 e. The van der Waals surface area contributed by atoms with Crippen LogP contribution in [0.15, 0.2) is 9.42 Å². The number of carbonyl (C=O) groups excluding carboxylic acids is 1. The Balaban J connectivity index is 1.41. The van der Waals surface area contributed by atoms with Crippen LogP contribution in [0.4, 0.5) is 0 Å². The van der Waals surface area contributed by atoms with Crippen LogP contribution in [0, 0.1) is 37.5 Å². The van der Waals surface area contributed by atoms with Gasteiger partial charge >= 0.3 is 0 Å². The monoisotopic (exact) mass is 409 g/mol. The summed E-state index contributed by atoms with van der Waals surface area (Å²) in [5, 5.41) is 6.99. The van der Waals surface area contributed by atoms with E-state index in [1.54, 1.807) is 13.8 Å². The van der Waals surface area contributed by atoms with Crippen molar-refractivity contribution in [3.63, 3.8) is 0 Å². The van der Waals surface area contributed by atoms with E-state index in [-0.39, 0.29) is 29.3 Å². The molecule has 156 valence electrons. The summed E-state index contributed by atoms with van der Waals surface area (Å²) >= 11 is 0. The zero-order valence-electron chi connectivity index (χ0n) is 17.0. The van der Waals surface area contributed by atoms with Gasteiger partial charge in [0.1, 0.15) is 10.6 Å². The van der Waals surface area contributed by atoms with Gasteiger partial charge in [-0.15, -0.1) is 0 Å². The number of amides is 1. The van der Waals surface area contributed by atoms with Gasteiger partial charge in [0.15, 0.2) is 5.76 Å². The molecule has 5 atom stereocenters. The predicted molar refractivity (Wildman–Crippen MR) is 104 cm³/mol. The lowest BCUT2D eigenvalue weighted by atomic mass is 9.83. The number of rotatable bonds is 5. The van der Waals surface area contributed by atoms with E-state index in [0.29, 0.717) is 30.3 Å². The van der Waals surface area contributed by atoms with E-state index >= 15 is 0 Å². The normalized spacial score (nSPS) is 31.8. The molecule has 1 aliphatic heterocycles. The molecule has 1 saturated heterocycles. The molecule has 1 N–H and O–H groups in total. The van der Waals surface area contributed by atoms with Gasteiger partial charge in [-0.05, 0) is 70.6 Å². The summed E-state index contributed by atoms with van der Waals surface area (Å²) in [4.78, 5) is 13.0. The lowest BCUT2D eigenvalue weighted by Gasteiger charge is -2.33. The van der Waals surface area contributed by atoms with Gasteiger partial charge in [0.25, 0.3) is 0 Å². The standard InChI is InChI=1S/C20H31N3O4S/c1-12(18-10-15-6-7-16(18)9-15)21-20(24)17-5-4-8-23(11-17)28(25,26)19-13(2)22-27-14(19)3/h12,15-18H,4-11H2,1-3H3,(H,21,24)/t12-,15-,16-,17-,18+/m0/s1. The Hall–Kier alpha value is -1.41. The second kappa shape index (κ2) is 7.44. The Bertz CT molecular complexity index is 830. The zero-order chi connectivity index (χ0) is 20.1. The summed E-state index contributed by atoms with van der Waals surface area (Å²) < 4.78 is 32.6. The maximum Gasteiger partial charge on any atom is 0.248 e. The SMILES string of the molecule is Cc1noc(C)c1S(=O)(=O)N1CCC[C@H](C(=O)N[C@@H](C)[C@H]2C[C@H]3CC[C@H]2C3)C1. The van der Waals surface area contributed by atoms with E-state index in [0.717, 1.165) is 18.3 Å². The van der Waals surface area contributed by atoms with Crippen LogP contribution < -0.4 is 5.32 Å². The van der Waals surface area contributed by atoms with E-state index in [4.69, 9.17) is 4.52 Å². The second-order valence-corrected chi connectivity index (χ2v) is 10.9. The van der Waals surface area contributed by atoms with Crippen molar-refractivity contribution in [2.75, 3.05) is 13.1 Å². The molecule has 7 nitrogen and oxygen atoms in total. The van der Waals surface area contributed by atoms with Crippen molar-refractivity contribution in [1.29, 1.82) is 0 Å². The number of hydrogen-bond acceptors (Lipinski definition) is 5. The first-order chi connectivity index (χ1) is 13.3. The molecule has 3 aliphatic rings. The van der Waals surface area contributed by atoms with Crippen LogP contribution in [0.25, 0.3) is 0 Å². The first kappa shape index (κ1) is 19.9. The van der Waals surface area contributed by atoms with Crippen LogP contribution in [0.5, 0.6) is 0 Å². The molecule has 0 radical (unpaired) electrons. The quantitative estimate of drug-likeness (QED) is 0.807. The van der Waals surface area contributed by atoms with E-state index in [2.05, 4.69) is 17.4 Å². The van der Waals surface area contributed by atoms with E-state index in [9.17, 15) is 13.2 Å². The van der Waals surface area contributed by atoms with Gasteiger partial charge < -0.3 is 9.84 Å². The molecule has 1 aromatic heterocycles. The van der Waals surface area contributed by atoms with Crippen LogP contribution in [0.2, 0.25) is 0 Å². The third kappa shape index (κ3) is 3.49. The average molecular weight is 410 g/mol. The number of hydrogen-bond donors (Lipinski definition) is 1. The smallest absolute Gasteiger partial charge is 0.248 e. The molecule has 2 aliphatic carbocycles. The molecule has 2 bridgehead atoms. The zero-order valence-corrected chi connectivity index (χ0v) is 17.8. The minimum atomic E-state index is -3.70. The van der Waals surface area contributed by atoms with Gasteiger partial charge in [-0.2, -0.15) is 4.31 Å². The van der Waals surface area contributed by atoms with Crippen LogP contribution in [-0.2, 0) is 14.8 Å². The number of carbonyl (C=O) groups is 1. The van der Waals surface area contributed by atoms with Gasteiger partial charge in [0, 0.05) is 19.1 Å². The molecule has 1 aromatic rings. The highest BCUT2D eigenvalue weighted by atomic mass is 32.2. The Morgan fingerprint density at radius 3 is 2.64 bits per heavy atom. The van der Waals surface area contributed by atoms with E-state index < -0.39 is 10.0 Å². The van der Waals surface area contributed by atoms with Crippen molar-refractivity contribution in [2.45, 2.75) is 70.2 Å². The van der Waals surface area contributed by atoms with E-state index in [1.807, 2.05) is 0 Å². The molecule has 3 fully saturated rings. The summed E-state index contributed by atoms with van der Waals surface area (Å²) in [6, 6.07) is 0.164. The molecule has 2 heterocycles. The summed E-state index contributed by atoms with van der Waals surface area (Å²) in [6.45, 7) is 6.01. The Kier molecular flexibility index (Phi) is 5.29. The van der Waals surface area contributed by atoms with Crippen molar-refractivity contribution in [1.82, 2.24) is 14.8 Å². The summed E-state index contributed by atoms with van der Waals surface area (Å²) in [5.41, 5.74) is 0.369. The molecule has 2 saturated carbocycles. The van der Waals surface area contributed by atoms with Gasteiger partial charge in [-0.25, -0.2) is 8.42 Å². The number of aromatic nitrogens is 1. The van der Waals surface area contributed by atoms with Crippen LogP contribution in [0.1, 0.15) is 56.9 Å². The molecular weight excluding hydrogens is 378 g/mol.